The highest BCUT2D eigenvalue weighted by atomic mass is 16.3. The first-order chi connectivity index (χ1) is 20.5. The topological polar surface area (TPSA) is 37.9 Å². The molecular formula is C39H34N2O. The molecule has 2 unspecified atom stereocenters. The van der Waals surface area contributed by atoms with Crippen LogP contribution < -0.4 is 0 Å². The molecule has 2 aliphatic heterocycles. The predicted octanol–water partition coefficient (Wildman–Crippen LogP) is 9.65. The molecule has 1 aromatic heterocycles. The van der Waals surface area contributed by atoms with Crippen molar-refractivity contribution in [2.45, 2.75) is 38.6 Å². The zero-order chi connectivity index (χ0) is 28.8. The Hall–Kier alpha value is -4.76. The van der Waals surface area contributed by atoms with Crippen molar-refractivity contribution in [3.8, 4) is 11.1 Å². The van der Waals surface area contributed by atoms with Crippen molar-refractivity contribution in [1.82, 2.24) is 0 Å². The van der Waals surface area contributed by atoms with E-state index in [2.05, 4.69) is 112 Å². The first kappa shape index (κ1) is 26.2. The van der Waals surface area contributed by atoms with Gasteiger partial charge >= 0.3 is 0 Å². The van der Waals surface area contributed by atoms with Crippen LogP contribution in [-0.4, -0.2) is 24.0 Å². The summed E-state index contributed by atoms with van der Waals surface area (Å²) >= 11 is 0. The molecule has 42 heavy (non-hydrogen) atoms. The van der Waals surface area contributed by atoms with Gasteiger partial charge in [-0.25, -0.2) is 0 Å². The van der Waals surface area contributed by atoms with Crippen LogP contribution in [0, 0.1) is 0 Å². The average Bonchev–Trinajstić information content (AvgIpc) is 3.37. The van der Waals surface area contributed by atoms with Crippen LogP contribution in [0.25, 0.3) is 33.1 Å². The van der Waals surface area contributed by atoms with E-state index in [1.54, 1.807) is 0 Å². The molecule has 0 saturated heterocycles. The molecule has 3 heteroatoms. The molecule has 0 spiro atoms. The normalized spacial score (nSPS) is 19.6. The molecule has 0 amide bonds. The van der Waals surface area contributed by atoms with Gasteiger partial charge in [-0.3, -0.25) is 9.98 Å². The number of allylic oxidation sites excluding steroid dienone is 3. The van der Waals surface area contributed by atoms with Crippen molar-refractivity contribution >= 4 is 33.4 Å². The van der Waals surface area contributed by atoms with Crippen molar-refractivity contribution in [3.05, 3.63) is 144 Å². The van der Waals surface area contributed by atoms with E-state index in [0.717, 1.165) is 57.3 Å². The molecule has 0 fully saturated rings. The lowest BCUT2D eigenvalue weighted by atomic mass is 9.77. The first-order valence-corrected chi connectivity index (χ1v) is 14.7. The smallest absolute Gasteiger partial charge is 0.136 e. The quantitative estimate of drug-likeness (QED) is 0.208. The zero-order valence-electron chi connectivity index (χ0n) is 24.2. The average molecular weight is 547 g/mol. The van der Waals surface area contributed by atoms with Crippen LogP contribution in [0.5, 0.6) is 0 Å². The minimum absolute atomic E-state index is 0.0301. The van der Waals surface area contributed by atoms with Crippen LogP contribution in [0.3, 0.4) is 0 Å². The Morgan fingerprint density at radius 1 is 0.833 bits per heavy atom. The van der Waals surface area contributed by atoms with Crippen LogP contribution >= 0.6 is 0 Å². The van der Waals surface area contributed by atoms with E-state index < -0.39 is 0 Å². The van der Waals surface area contributed by atoms with Gasteiger partial charge in [-0.15, -0.1) is 0 Å². The Bertz CT molecular complexity index is 1960. The molecule has 3 nitrogen and oxygen atoms in total. The lowest BCUT2D eigenvalue weighted by Crippen LogP contribution is -2.29. The van der Waals surface area contributed by atoms with Crippen LogP contribution in [-0.2, 0) is 6.42 Å². The van der Waals surface area contributed by atoms with Gasteiger partial charge in [0.15, 0.2) is 0 Å². The van der Waals surface area contributed by atoms with E-state index in [0.29, 0.717) is 6.54 Å². The van der Waals surface area contributed by atoms with Gasteiger partial charge in [0, 0.05) is 27.8 Å². The third-order valence-corrected chi connectivity index (χ3v) is 8.59. The van der Waals surface area contributed by atoms with Crippen molar-refractivity contribution in [2.24, 2.45) is 9.98 Å². The van der Waals surface area contributed by atoms with E-state index in [1.165, 1.54) is 33.4 Å². The number of nitrogens with zero attached hydrogens (tertiary/aromatic N) is 2. The number of hydrogen-bond acceptors (Lipinski definition) is 3. The number of rotatable bonds is 3. The largest absolute Gasteiger partial charge is 0.456 e. The highest BCUT2D eigenvalue weighted by molar-refractivity contribution is 6.15. The maximum Gasteiger partial charge on any atom is 0.136 e. The number of benzene rings is 4. The molecule has 2 aliphatic rings. The summed E-state index contributed by atoms with van der Waals surface area (Å²) in [5, 5.41) is 2.24. The fourth-order valence-corrected chi connectivity index (χ4v) is 6.58. The van der Waals surface area contributed by atoms with E-state index in [1.807, 2.05) is 12.1 Å². The Balaban J connectivity index is 1.39. The van der Waals surface area contributed by atoms with Gasteiger partial charge in [0.1, 0.15) is 11.2 Å². The number of fused-ring (bicyclic) bond motifs is 7. The van der Waals surface area contributed by atoms with Gasteiger partial charge in [-0.05, 0) is 90.9 Å². The van der Waals surface area contributed by atoms with Crippen molar-refractivity contribution in [2.75, 3.05) is 6.54 Å². The molecule has 2 atom stereocenters. The molecule has 4 aromatic carbocycles. The molecule has 0 radical (unpaired) electrons. The number of aryl methyl sites for hydroxylation is 1. The Kier molecular flexibility index (Phi) is 6.59. The van der Waals surface area contributed by atoms with Crippen LogP contribution in [0.4, 0.5) is 0 Å². The molecule has 5 aromatic rings. The van der Waals surface area contributed by atoms with Gasteiger partial charge in [0.25, 0.3) is 0 Å². The summed E-state index contributed by atoms with van der Waals surface area (Å²) in [5.74, 6) is 0.227. The van der Waals surface area contributed by atoms with Crippen molar-refractivity contribution in [1.29, 1.82) is 0 Å². The number of hydrogen-bond donors (Lipinski definition) is 0. The van der Waals surface area contributed by atoms with E-state index in [4.69, 9.17) is 14.4 Å². The highest BCUT2D eigenvalue weighted by Gasteiger charge is 2.32. The third kappa shape index (κ3) is 4.55. The second kappa shape index (κ2) is 10.6. The third-order valence-electron chi connectivity index (χ3n) is 8.59. The standard InChI is InChI=1S/C39H34N2O/c1-5-35-30-14-10-9-13-29(30)32-18-16-28-21-38-34(22-33(28)36(19-24(2)3)40-23-25(4)39(32)41-35)31-17-15-27(20-37(31)42-38)26-11-7-6-8-12-26/h5-15,17,19-22,32,39H,1,4,16,18,23H2,2-3H3/b40-36-. The summed E-state index contributed by atoms with van der Waals surface area (Å²) in [4.78, 5) is 10.4. The van der Waals surface area contributed by atoms with Gasteiger partial charge in [0.05, 0.1) is 24.0 Å². The van der Waals surface area contributed by atoms with Gasteiger partial charge in [-0.2, -0.15) is 0 Å². The summed E-state index contributed by atoms with van der Waals surface area (Å²) in [5.41, 5.74) is 13.3. The second-order valence-electron chi connectivity index (χ2n) is 11.7. The lowest BCUT2D eigenvalue weighted by molar-refractivity contribution is 0.536. The zero-order valence-corrected chi connectivity index (χ0v) is 24.2. The number of aliphatic imine (C=N–C) groups is 2. The van der Waals surface area contributed by atoms with E-state index in [9.17, 15) is 0 Å². The minimum atomic E-state index is -0.0301. The molecular weight excluding hydrogens is 512 g/mol. The van der Waals surface area contributed by atoms with Gasteiger partial charge in [0.2, 0.25) is 0 Å². The summed E-state index contributed by atoms with van der Waals surface area (Å²) in [6.45, 7) is 13.4. The van der Waals surface area contributed by atoms with Gasteiger partial charge < -0.3 is 4.42 Å². The predicted molar refractivity (Wildman–Crippen MR) is 177 cm³/mol. The molecule has 0 saturated carbocycles. The maximum absolute atomic E-state index is 6.53. The minimum Gasteiger partial charge on any atom is -0.456 e. The number of furan rings is 1. The molecule has 0 aliphatic carbocycles. The molecule has 7 rings (SSSR count). The molecule has 3 heterocycles. The van der Waals surface area contributed by atoms with Crippen LogP contribution in [0.2, 0.25) is 0 Å². The fourth-order valence-electron chi connectivity index (χ4n) is 6.58. The fraction of sp³-hybridized carbons (Fsp3) is 0.179. The summed E-state index contributed by atoms with van der Waals surface area (Å²) in [7, 11) is 0. The SMILES string of the molecule is C=CC1=NC2C(=C)C/N=C(/C=C(C)C)c3cc4c(cc3CCC2c2ccccc21)oc1cc(-c2ccccc2)ccc14. The maximum atomic E-state index is 6.53. The Morgan fingerprint density at radius 2 is 1.62 bits per heavy atom. The first-order valence-electron chi connectivity index (χ1n) is 14.7. The molecule has 206 valence electrons. The van der Waals surface area contributed by atoms with Gasteiger partial charge in [-0.1, -0.05) is 79.4 Å². The van der Waals surface area contributed by atoms with Crippen LogP contribution in [0.15, 0.2) is 136 Å². The Morgan fingerprint density at radius 3 is 2.43 bits per heavy atom. The molecule has 0 N–H and O–H groups in total. The van der Waals surface area contributed by atoms with E-state index >= 15 is 0 Å². The summed E-state index contributed by atoms with van der Waals surface area (Å²) < 4.78 is 6.53. The monoisotopic (exact) mass is 546 g/mol. The second-order valence-corrected chi connectivity index (χ2v) is 11.7. The van der Waals surface area contributed by atoms with E-state index in [-0.39, 0.29) is 12.0 Å². The van der Waals surface area contributed by atoms with Crippen LogP contribution in [0.1, 0.15) is 48.4 Å². The summed E-state index contributed by atoms with van der Waals surface area (Å²) in [6.07, 6.45) is 5.90. The highest BCUT2D eigenvalue weighted by Crippen LogP contribution is 2.40. The lowest BCUT2D eigenvalue weighted by Gasteiger charge is -2.33. The van der Waals surface area contributed by atoms with Crippen molar-refractivity contribution < 1.29 is 4.42 Å². The molecule has 0 bridgehead atoms. The Labute approximate surface area is 247 Å². The summed E-state index contributed by atoms with van der Waals surface area (Å²) in [6, 6.07) is 30.1. The van der Waals surface area contributed by atoms with Crippen molar-refractivity contribution in [3.63, 3.8) is 0 Å².